The second kappa shape index (κ2) is 5.28. The van der Waals surface area contributed by atoms with Gasteiger partial charge in [0.15, 0.2) is 0 Å². The molecule has 0 radical (unpaired) electrons. The van der Waals surface area contributed by atoms with Crippen LogP contribution in [0, 0.1) is 12.8 Å². The average Bonchev–Trinajstić information content (AvgIpc) is 2.90. The Balaban J connectivity index is 2.01. The number of halogens is 1. The Morgan fingerprint density at radius 3 is 2.89 bits per heavy atom. The van der Waals surface area contributed by atoms with Gasteiger partial charge in [0.25, 0.3) is 0 Å². The fourth-order valence-corrected chi connectivity index (χ4v) is 2.62. The normalized spacial score (nSPS) is 20.3. The molecule has 0 spiro atoms. The Morgan fingerprint density at radius 1 is 1.61 bits per heavy atom. The van der Waals surface area contributed by atoms with Crippen molar-refractivity contribution in [3.8, 4) is 0 Å². The van der Waals surface area contributed by atoms with Gasteiger partial charge >= 0.3 is 5.97 Å². The first kappa shape index (κ1) is 13.4. The van der Waals surface area contributed by atoms with Crippen LogP contribution in [-0.2, 0) is 23.1 Å². The van der Waals surface area contributed by atoms with Crippen molar-refractivity contribution in [1.29, 1.82) is 0 Å². The largest absolute Gasteiger partial charge is 0.469 e. The highest BCUT2D eigenvalue weighted by atomic mass is 35.5. The maximum atomic E-state index is 11.5. The molecule has 0 N–H and O–H groups in total. The number of ether oxygens (including phenoxy) is 1. The summed E-state index contributed by atoms with van der Waals surface area (Å²) in [5.41, 5.74) is 1.84. The lowest BCUT2D eigenvalue weighted by Gasteiger charge is -2.15. The molecule has 1 aromatic rings. The standard InChI is InChI=1S/C12H18ClN3O2/c1-8-11(13)10(15(2)14-8)7-16-5-4-9(6-16)12(17)18-3/h9H,4-7H2,1-3H3. The molecule has 1 fully saturated rings. The van der Waals surface area contributed by atoms with Gasteiger partial charge < -0.3 is 4.74 Å². The SMILES string of the molecule is COC(=O)C1CCN(Cc2c(Cl)c(C)nn2C)C1. The first-order valence-electron chi connectivity index (χ1n) is 6.01. The van der Waals surface area contributed by atoms with Gasteiger partial charge in [0.05, 0.1) is 29.4 Å². The van der Waals surface area contributed by atoms with Crippen LogP contribution in [0.3, 0.4) is 0 Å². The number of methoxy groups -OCH3 is 1. The van der Waals surface area contributed by atoms with Crippen LogP contribution in [0.25, 0.3) is 0 Å². The number of hydrogen-bond acceptors (Lipinski definition) is 4. The Bertz CT molecular complexity index is 458. The fourth-order valence-electron chi connectivity index (χ4n) is 2.40. The summed E-state index contributed by atoms with van der Waals surface area (Å²) < 4.78 is 6.58. The summed E-state index contributed by atoms with van der Waals surface area (Å²) in [7, 11) is 3.33. The van der Waals surface area contributed by atoms with Crippen LogP contribution in [-0.4, -0.2) is 40.8 Å². The van der Waals surface area contributed by atoms with Gasteiger partial charge in [0.2, 0.25) is 0 Å². The Labute approximate surface area is 112 Å². The number of aromatic nitrogens is 2. The van der Waals surface area contributed by atoms with Crippen molar-refractivity contribution in [1.82, 2.24) is 14.7 Å². The summed E-state index contributed by atoms with van der Waals surface area (Å²) in [5, 5.41) is 5.01. The van der Waals surface area contributed by atoms with E-state index in [0.717, 1.165) is 42.5 Å². The number of aryl methyl sites for hydroxylation is 2. The number of esters is 1. The third kappa shape index (κ3) is 2.52. The van der Waals surface area contributed by atoms with Gasteiger partial charge in [-0.15, -0.1) is 0 Å². The van der Waals surface area contributed by atoms with E-state index in [1.54, 1.807) is 0 Å². The van der Waals surface area contributed by atoms with Crippen molar-refractivity contribution < 1.29 is 9.53 Å². The minimum absolute atomic E-state index is 0.0110. The summed E-state index contributed by atoms with van der Waals surface area (Å²) in [6.45, 7) is 4.24. The number of hydrogen-bond donors (Lipinski definition) is 0. The van der Waals surface area contributed by atoms with E-state index in [2.05, 4.69) is 10.00 Å². The van der Waals surface area contributed by atoms with Crippen LogP contribution in [0.1, 0.15) is 17.8 Å². The zero-order chi connectivity index (χ0) is 13.3. The monoisotopic (exact) mass is 271 g/mol. The summed E-state index contributed by atoms with van der Waals surface area (Å²) in [6, 6.07) is 0. The molecule has 1 unspecified atom stereocenters. The van der Waals surface area contributed by atoms with E-state index in [4.69, 9.17) is 16.3 Å². The molecule has 2 rings (SSSR count). The molecule has 6 heteroatoms. The molecule has 5 nitrogen and oxygen atoms in total. The van der Waals surface area contributed by atoms with Crippen molar-refractivity contribution in [2.45, 2.75) is 19.9 Å². The molecule has 1 saturated heterocycles. The van der Waals surface area contributed by atoms with Gasteiger partial charge in [0, 0.05) is 20.1 Å². The molecule has 2 heterocycles. The summed E-state index contributed by atoms with van der Waals surface area (Å²) in [5.74, 6) is -0.132. The molecule has 100 valence electrons. The first-order valence-corrected chi connectivity index (χ1v) is 6.39. The van der Waals surface area contributed by atoms with Crippen LogP contribution in [0.4, 0.5) is 0 Å². The van der Waals surface area contributed by atoms with Crippen molar-refractivity contribution >= 4 is 17.6 Å². The van der Waals surface area contributed by atoms with Gasteiger partial charge in [-0.25, -0.2) is 0 Å². The first-order chi connectivity index (χ1) is 8.52. The number of likely N-dealkylation sites (tertiary alicyclic amines) is 1. The molecule has 1 aliphatic heterocycles. The third-order valence-electron chi connectivity index (χ3n) is 3.44. The average molecular weight is 272 g/mol. The molecule has 0 bridgehead atoms. The highest BCUT2D eigenvalue weighted by Gasteiger charge is 2.29. The smallest absolute Gasteiger partial charge is 0.310 e. The van der Waals surface area contributed by atoms with Crippen LogP contribution < -0.4 is 0 Å². The van der Waals surface area contributed by atoms with E-state index < -0.39 is 0 Å². The summed E-state index contributed by atoms with van der Waals surface area (Å²) in [6.07, 6.45) is 0.848. The van der Waals surface area contributed by atoms with Crippen LogP contribution >= 0.6 is 11.6 Å². The van der Waals surface area contributed by atoms with E-state index in [-0.39, 0.29) is 11.9 Å². The maximum Gasteiger partial charge on any atom is 0.310 e. The topological polar surface area (TPSA) is 47.4 Å². The lowest BCUT2D eigenvalue weighted by Crippen LogP contribution is -2.24. The second-order valence-corrected chi connectivity index (χ2v) is 5.09. The molecule has 1 aromatic heterocycles. The zero-order valence-corrected chi connectivity index (χ0v) is 11.7. The van der Waals surface area contributed by atoms with E-state index in [9.17, 15) is 4.79 Å². The maximum absolute atomic E-state index is 11.5. The fraction of sp³-hybridized carbons (Fsp3) is 0.667. The van der Waals surface area contributed by atoms with Crippen molar-refractivity contribution in [2.24, 2.45) is 13.0 Å². The third-order valence-corrected chi connectivity index (χ3v) is 3.93. The molecule has 0 aromatic carbocycles. The predicted molar refractivity (Wildman–Crippen MR) is 68.4 cm³/mol. The number of nitrogens with zero attached hydrogens (tertiary/aromatic N) is 3. The van der Waals surface area contributed by atoms with Crippen LogP contribution in [0.2, 0.25) is 5.02 Å². The minimum atomic E-state index is -0.121. The summed E-state index contributed by atoms with van der Waals surface area (Å²) >= 11 is 6.22. The van der Waals surface area contributed by atoms with E-state index in [1.807, 2.05) is 18.7 Å². The Hall–Kier alpha value is -1.07. The Kier molecular flexibility index (Phi) is 3.92. The number of rotatable bonds is 3. The van der Waals surface area contributed by atoms with E-state index >= 15 is 0 Å². The van der Waals surface area contributed by atoms with Gasteiger partial charge in [-0.1, -0.05) is 11.6 Å². The van der Waals surface area contributed by atoms with E-state index in [1.165, 1.54) is 7.11 Å². The van der Waals surface area contributed by atoms with Gasteiger partial charge in [0.1, 0.15) is 0 Å². The van der Waals surface area contributed by atoms with Crippen LogP contribution in [0.15, 0.2) is 0 Å². The second-order valence-electron chi connectivity index (χ2n) is 4.71. The molecule has 0 aliphatic carbocycles. The van der Waals surface area contributed by atoms with Gasteiger partial charge in [-0.2, -0.15) is 5.10 Å². The zero-order valence-electron chi connectivity index (χ0n) is 10.9. The van der Waals surface area contributed by atoms with E-state index in [0.29, 0.717) is 0 Å². The lowest BCUT2D eigenvalue weighted by atomic mass is 10.1. The quantitative estimate of drug-likeness (QED) is 0.780. The molecular weight excluding hydrogens is 254 g/mol. The van der Waals surface area contributed by atoms with Gasteiger partial charge in [-0.05, 0) is 19.9 Å². The van der Waals surface area contributed by atoms with Crippen molar-refractivity contribution in [3.05, 3.63) is 16.4 Å². The molecule has 1 aliphatic rings. The number of carbonyl (C=O) groups is 1. The minimum Gasteiger partial charge on any atom is -0.469 e. The molecule has 1 atom stereocenters. The molecule has 0 saturated carbocycles. The highest BCUT2D eigenvalue weighted by molar-refractivity contribution is 6.31. The summed E-state index contributed by atoms with van der Waals surface area (Å²) in [4.78, 5) is 13.7. The molecule has 0 amide bonds. The molecule has 18 heavy (non-hydrogen) atoms. The van der Waals surface area contributed by atoms with Crippen LogP contribution in [0.5, 0.6) is 0 Å². The molecular formula is C12H18ClN3O2. The van der Waals surface area contributed by atoms with Crippen molar-refractivity contribution in [2.75, 3.05) is 20.2 Å². The predicted octanol–water partition coefficient (Wildman–Crippen LogP) is 1.38. The number of carbonyl (C=O) groups excluding carboxylic acids is 1. The lowest BCUT2D eigenvalue weighted by molar-refractivity contribution is -0.144. The van der Waals surface area contributed by atoms with Crippen molar-refractivity contribution in [3.63, 3.8) is 0 Å². The Morgan fingerprint density at radius 2 is 2.33 bits per heavy atom. The highest BCUT2D eigenvalue weighted by Crippen LogP contribution is 2.24. The van der Waals surface area contributed by atoms with Gasteiger partial charge in [-0.3, -0.25) is 14.4 Å².